The summed E-state index contributed by atoms with van der Waals surface area (Å²) in [5.74, 6) is -0.122. The van der Waals surface area contributed by atoms with E-state index in [9.17, 15) is 13.5 Å². The molecule has 2 N–H and O–H groups in total. The first-order chi connectivity index (χ1) is 13.3. The lowest BCUT2D eigenvalue weighted by Crippen LogP contribution is -2.29. The molecule has 0 saturated carbocycles. The van der Waals surface area contributed by atoms with Gasteiger partial charge in [-0.1, -0.05) is 54.1 Å². The van der Waals surface area contributed by atoms with Crippen LogP contribution in [0, 0.1) is 20.8 Å². The number of benzene rings is 3. The summed E-state index contributed by atoms with van der Waals surface area (Å²) in [6.07, 6.45) is 0. The summed E-state index contributed by atoms with van der Waals surface area (Å²) in [5.41, 5.74) is 4.58. The van der Waals surface area contributed by atoms with Crippen molar-refractivity contribution in [3.63, 3.8) is 0 Å². The zero-order valence-corrected chi connectivity index (χ0v) is 17.1. The molecule has 1 atom stereocenters. The third kappa shape index (κ3) is 4.43. The van der Waals surface area contributed by atoms with Crippen LogP contribution in [-0.4, -0.2) is 20.1 Å². The van der Waals surface area contributed by atoms with Gasteiger partial charge in [0.05, 0.1) is 4.90 Å². The van der Waals surface area contributed by atoms with Gasteiger partial charge in [-0.15, -0.1) is 0 Å². The van der Waals surface area contributed by atoms with Gasteiger partial charge in [0.1, 0.15) is 5.75 Å². The molecule has 4 nitrogen and oxygen atoms in total. The molecule has 0 aliphatic rings. The van der Waals surface area contributed by atoms with Gasteiger partial charge in [-0.05, 0) is 55.7 Å². The molecule has 0 fully saturated rings. The van der Waals surface area contributed by atoms with E-state index in [2.05, 4.69) is 4.72 Å². The molecule has 0 amide bonds. The van der Waals surface area contributed by atoms with E-state index < -0.39 is 10.0 Å². The maximum atomic E-state index is 12.8. The number of hydrogen-bond acceptors (Lipinski definition) is 3. The van der Waals surface area contributed by atoms with Crippen molar-refractivity contribution < 1.29 is 13.5 Å². The standard InChI is InChI=1S/C23H25NO3S/c1-16-9-11-20(12-10-16)28(26,27)24-15-21(19-7-5-4-6-8-19)23-18(3)13-17(2)14-22(23)25/h4-14,21,24-25H,15H2,1-3H3/t21-/m0/s1. The maximum Gasteiger partial charge on any atom is 0.240 e. The fourth-order valence-corrected chi connectivity index (χ4v) is 4.52. The molecule has 0 aliphatic heterocycles. The molecule has 28 heavy (non-hydrogen) atoms. The first kappa shape index (κ1) is 20.1. The Balaban J connectivity index is 1.97. The monoisotopic (exact) mass is 395 g/mol. The summed E-state index contributed by atoms with van der Waals surface area (Å²) in [7, 11) is -3.65. The van der Waals surface area contributed by atoms with E-state index in [-0.39, 0.29) is 23.1 Å². The van der Waals surface area contributed by atoms with E-state index in [0.29, 0.717) is 0 Å². The number of phenols is 1. The Bertz CT molecular complexity index is 1040. The minimum absolute atomic E-state index is 0.150. The SMILES string of the molecule is Cc1ccc(S(=O)(=O)NC[C@@H](c2ccccc2)c2c(C)cc(C)cc2O)cc1. The largest absolute Gasteiger partial charge is 0.508 e. The van der Waals surface area contributed by atoms with E-state index in [4.69, 9.17) is 0 Å². The molecule has 5 heteroatoms. The Labute approximate surface area is 166 Å². The zero-order chi connectivity index (χ0) is 20.3. The maximum absolute atomic E-state index is 12.8. The second-order valence-electron chi connectivity index (χ2n) is 7.14. The number of nitrogens with one attached hydrogen (secondary N) is 1. The highest BCUT2D eigenvalue weighted by molar-refractivity contribution is 7.89. The molecule has 3 aromatic rings. The van der Waals surface area contributed by atoms with Crippen LogP contribution in [0.1, 0.15) is 33.7 Å². The molecule has 0 radical (unpaired) electrons. The van der Waals surface area contributed by atoms with Crippen molar-refractivity contribution in [1.29, 1.82) is 0 Å². The van der Waals surface area contributed by atoms with E-state index in [0.717, 1.165) is 27.8 Å². The van der Waals surface area contributed by atoms with E-state index in [1.807, 2.05) is 57.2 Å². The highest BCUT2D eigenvalue weighted by Gasteiger charge is 2.23. The molecule has 146 valence electrons. The highest BCUT2D eigenvalue weighted by Crippen LogP contribution is 2.34. The fourth-order valence-electron chi connectivity index (χ4n) is 3.48. The van der Waals surface area contributed by atoms with Gasteiger partial charge in [0.15, 0.2) is 0 Å². The average Bonchev–Trinajstić information content (AvgIpc) is 2.64. The fraction of sp³-hybridized carbons (Fsp3) is 0.217. The number of hydrogen-bond donors (Lipinski definition) is 2. The molecule has 0 heterocycles. The van der Waals surface area contributed by atoms with Crippen LogP contribution in [0.25, 0.3) is 0 Å². The zero-order valence-electron chi connectivity index (χ0n) is 16.3. The van der Waals surface area contributed by atoms with E-state index in [1.54, 1.807) is 30.3 Å². The minimum Gasteiger partial charge on any atom is -0.508 e. The molecule has 0 aliphatic carbocycles. The third-order valence-corrected chi connectivity index (χ3v) is 6.31. The molecule has 0 saturated heterocycles. The van der Waals surface area contributed by atoms with E-state index >= 15 is 0 Å². The topological polar surface area (TPSA) is 66.4 Å². The van der Waals surface area contributed by atoms with Gasteiger partial charge < -0.3 is 5.11 Å². The van der Waals surface area contributed by atoms with Crippen LogP contribution in [0.2, 0.25) is 0 Å². The van der Waals surface area contributed by atoms with Crippen LogP contribution >= 0.6 is 0 Å². The van der Waals surface area contributed by atoms with Crippen LogP contribution in [-0.2, 0) is 10.0 Å². The predicted molar refractivity (Wildman–Crippen MR) is 112 cm³/mol. The van der Waals surface area contributed by atoms with Gasteiger partial charge in [-0.25, -0.2) is 13.1 Å². The lowest BCUT2D eigenvalue weighted by atomic mass is 9.87. The van der Waals surface area contributed by atoms with Gasteiger partial charge >= 0.3 is 0 Å². The van der Waals surface area contributed by atoms with Crippen LogP contribution in [0.5, 0.6) is 5.75 Å². The normalized spacial score (nSPS) is 12.7. The van der Waals surface area contributed by atoms with Crippen LogP contribution in [0.3, 0.4) is 0 Å². The molecule has 3 rings (SSSR count). The lowest BCUT2D eigenvalue weighted by molar-refractivity contribution is 0.462. The average molecular weight is 396 g/mol. The van der Waals surface area contributed by atoms with Crippen molar-refractivity contribution in [1.82, 2.24) is 4.72 Å². The van der Waals surface area contributed by atoms with Crippen LogP contribution in [0.15, 0.2) is 71.6 Å². The number of aromatic hydroxyl groups is 1. The van der Waals surface area contributed by atoms with Crippen molar-refractivity contribution in [2.24, 2.45) is 0 Å². The van der Waals surface area contributed by atoms with Crippen molar-refractivity contribution in [3.8, 4) is 5.75 Å². The summed E-state index contributed by atoms with van der Waals surface area (Å²) in [6.45, 7) is 5.93. The lowest BCUT2D eigenvalue weighted by Gasteiger charge is -2.22. The van der Waals surface area contributed by atoms with Crippen LogP contribution < -0.4 is 4.72 Å². The van der Waals surface area contributed by atoms with E-state index in [1.165, 1.54) is 0 Å². The van der Waals surface area contributed by atoms with Crippen molar-refractivity contribution in [3.05, 3.63) is 94.5 Å². The van der Waals surface area contributed by atoms with Gasteiger partial charge in [-0.2, -0.15) is 0 Å². The Morgan fingerprint density at radius 2 is 1.54 bits per heavy atom. The second-order valence-corrected chi connectivity index (χ2v) is 8.91. The number of aryl methyl sites for hydroxylation is 3. The summed E-state index contributed by atoms with van der Waals surface area (Å²) < 4.78 is 28.2. The molecular weight excluding hydrogens is 370 g/mol. The molecule has 0 unspecified atom stereocenters. The Morgan fingerprint density at radius 3 is 2.14 bits per heavy atom. The second kappa shape index (κ2) is 8.17. The smallest absolute Gasteiger partial charge is 0.240 e. The highest BCUT2D eigenvalue weighted by atomic mass is 32.2. The molecule has 3 aromatic carbocycles. The van der Waals surface area contributed by atoms with Gasteiger partial charge in [0.25, 0.3) is 0 Å². The van der Waals surface area contributed by atoms with Crippen molar-refractivity contribution >= 4 is 10.0 Å². The van der Waals surface area contributed by atoms with Gasteiger partial charge in [0.2, 0.25) is 10.0 Å². The molecular formula is C23H25NO3S. The number of sulfonamides is 1. The molecule has 0 bridgehead atoms. The Morgan fingerprint density at radius 1 is 0.893 bits per heavy atom. The van der Waals surface area contributed by atoms with Gasteiger partial charge in [-0.3, -0.25) is 0 Å². The summed E-state index contributed by atoms with van der Waals surface area (Å²) >= 11 is 0. The Hall–Kier alpha value is -2.63. The number of rotatable bonds is 6. The van der Waals surface area contributed by atoms with Crippen molar-refractivity contribution in [2.75, 3.05) is 6.54 Å². The van der Waals surface area contributed by atoms with Crippen molar-refractivity contribution in [2.45, 2.75) is 31.6 Å². The molecule has 0 spiro atoms. The van der Waals surface area contributed by atoms with Gasteiger partial charge in [0, 0.05) is 18.0 Å². The summed E-state index contributed by atoms with van der Waals surface area (Å²) in [4.78, 5) is 0.231. The molecule has 0 aromatic heterocycles. The Kier molecular flexibility index (Phi) is 5.87. The predicted octanol–water partition coefficient (Wildman–Crippen LogP) is 4.43. The third-order valence-electron chi connectivity index (χ3n) is 4.87. The minimum atomic E-state index is -3.65. The van der Waals surface area contributed by atoms with Crippen LogP contribution in [0.4, 0.5) is 0 Å². The quantitative estimate of drug-likeness (QED) is 0.649. The first-order valence-corrected chi connectivity index (χ1v) is 10.7. The summed E-state index contributed by atoms with van der Waals surface area (Å²) in [6, 6.07) is 20.1. The summed E-state index contributed by atoms with van der Waals surface area (Å²) in [5, 5.41) is 10.6. The number of phenolic OH excluding ortho intramolecular Hbond substituents is 1. The first-order valence-electron chi connectivity index (χ1n) is 9.19.